The predicted molar refractivity (Wildman–Crippen MR) is 92.8 cm³/mol. The molecule has 0 saturated heterocycles. The standard InChI is InChI=1S/C15H17ClN2S2/c1-3-18(10-13-7-8-14(16)20-13)15(19)17-12-6-4-5-11(2)9-12/h4-9H,3,10H2,1-2H3,(H,17,19). The third kappa shape index (κ3) is 4.20. The fraction of sp³-hybridized carbons (Fsp3) is 0.267. The SMILES string of the molecule is CCN(Cc1ccc(Cl)s1)C(=S)Nc1cccc(C)c1. The van der Waals surface area contributed by atoms with E-state index in [-0.39, 0.29) is 0 Å². The predicted octanol–water partition coefficient (Wildman–Crippen LogP) is 4.93. The van der Waals surface area contributed by atoms with Crippen molar-refractivity contribution in [3.05, 3.63) is 51.2 Å². The summed E-state index contributed by atoms with van der Waals surface area (Å²) in [7, 11) is 0. The van der Waals surface area contributed by atoms with E-state index in [0.717, 1.165) is 28.2 Å². The van der Waals surface area contributed by atoms with Crippen molar-refractivity contribution in [3.63, 3.8) is 0 Å². The Bertz CT molecular complexity index is 595. The first-order chi connectivity index (χ1) is 9.58. The van der Waals surface area contributed by atoms with Crippen LogP contribution in [-0.2, 0) is 6.54 Å². The first-order valence-corrected chi connectivity index (χ1v) is 8.05. The number of aryl methyl sites for hydroxylation is 1. The quantitative estimate of drug-likeness (QED) is 0.803. The number of thiocarbonyl (C=S) groups is 1. The molecule has 0 fully saturated rings. The molecule has 0 unspecified atom stereocenters. The van der Waals surface area contributed by atoms with E-state index in [1.54, 1.807) is 11.3 Å². The summed E-state index contributed by atoms with van der Waals surface area (Å²) < 4.78 is 0.814. The highest BCUT2D eigenvalue weighted by molar-refractivity contribution is 7.80. The summed E-state index contributed by atoms with van der Waals surface area (Å²) in [6, 6.07) is 12.2. The summed E-state index contributed by atoms with van der Waals surface area (Å²) in [6.07, 6.45) is 0. The first-order valence-electron chi connectivity index (χ1n) is 6.45. The molecule has 0 saturated carbocycles. The lowest BCUT2D eigenvalue weighted by Gasteiger charge is -2.24. The van der Waals surface area contributed by atoms with E-state index in [2.05, 4.69) is 36.2 Å². The van der Waals surface area contributed by atoms with Gasteiger partial charge >= 0.3 is 0 Å². The van der Waals surface area contributed by atoms with E-state index in [1.807, 2.05) is 24.3 Å². The highest BCUT2D eigenvalue weighted by Crippen LogP contribution is 2.23. The lowest BCUT2D eigenvalue weighted by Crippen LogP contribution is -2.33. The van der Waals surface area contributed by atoms with E-state index in [9.17, 15) is 0 Å². The van der Waals surface area contributed by atoms with Crippen LogP contribution in [0.2, 0.25) is 4.34 Å². The van der Waals surface area contributed by atoms with Crippen LogP contribution in [0.5, 0.6) is 0 Å². The number of rotatable bonds is 4. The number of nitrogens with zero attached hydrogens (tertiary/aromatic N) is 1. The summed E-state index contributed by atoms with van der Waals surface area (Å²) in [5, 5.41) is 4.03. The van der Waals surface area contributed by atoms with E-state index in [0.29, 0.717) is 0 Å². The van der Waals surface area contributed by atoms with E-state index in [1.165, 1.54) is 10.4 Å². The van der Waals surface area contributed by atoms with Crippen molar-refractivity contribution in [1.82, 2.24) is 4.90 Å². The molecule has 0 spiro atoms. The van der Waals surface area contributed by atoms with Gasteiger partial charge in [-0.25, -0.2) is 0 Å². The Morgan fingerprint density at radius 1 is 1.35 bits per heavy atom. The Kier molecular flexibility index (Phi) is 5.40. The number of hydrogen-bond donors (Lipinski definition) is 1. The number of benzene rings is 1. The van der Waals surface area contributed by atoms with Crippen molar-refractivity contribution in [3.8, 4) is 0 Å². The highest BCUT2D eigenvalue weighted by Gasteiger charge is 2.10. The second-order valence-electron chi connectivity index (χ2n) is 4.52. The number of halogens is 1. The van der Waals surface area contributed by atoms with Crippen molar-refractivity contribution in [2.75, 3.05) is 11.9 Å². The lowest BCUT2D eigenvalue weighted by atomic mass is 10.2. The normalized spacial score (nSPS) is 10.3. The maximum Gasteiger partial charge on any atom is 0.173 e. The zero-order valence-electron chi connectivity index (χ0n) is 11.5. The van der Waals surface area contributed by atoms with Gasteiger partial charge in [0.15, 0.2) is 5.11 Å². The van der Waals surface area contributed by atoms with Crippen molar-refractivity contribution < 1.29 is 0 Å². The summed E-state index contributed by atoms with van der Waals surface area (Å²) in [5.74, 6) is 0. The summed E-state index contributed by atoms with van der Waals surface area (Å²) in [6.45, 7) is 5.80. The van der Waals surface area contributed by atoms with E-state index >= 15 is 0 Å². The monoisotopic (exact) mass is 324 g/mol. The van der Waals surface area contributed by atoms with Crippen LogP contribution < -0.4 is 5.32 Å². The molecule has 2 rings (SSSR count). The van der Waals surface area contributed by atoms with Gasteiger partial charge in [0, 0.05) is 17.1 Å². The maximum atomic E-state index is 5.97. The number of thiophene rings is 1. The zero-order valence-corrected chi connectivity index (χ0v) is 13.9. The van der Waals surface area contributed by atoms with Crippen molar-refractivity contribution in [2.24, 2.45) is 0 Å². The molecule has 1 N–H and O–H groups in total. The number of nitrogens with one attached hydrogen (secondary N) is 1. The van der Waals surface area contributed by atoms with Crippen molar-refractivity contribution in [2.45, 2.75) is 20.4 Å². The zero-order chi connectivity index (χ0) is 14.5. The minimum absolute atomic E-state index is 0.739. The third-order valence-corrected chi connectivity index (χ3v) is 4.49. The van der Waals surface area contributed by atoms with E-state index < -0.39 is 0 Å². The van der Waals surface area contributed by atoms with Crippen LogP contribution in [0, 0.1) is 6.92 Å². The molecule has 1 aromatic carbocycles. The van der Waals surface area contributed by atoms with Gasteiger partial charge < -0.3 is 10.2 Å². The van der Waals surface area contributed by atoms with Gasteiger partial charge in [0.2, 0.25) is 0 Å². The van der Waals surface area contributed by atoms with Gasteiger partial charge in [-0.1, -0.05) is 23.7 Å². The topological polar surface area (TPSA) is 15.3 Å². The third-order valence-electron chi connectivity index (χ3n) is 2.91. The molecule has 20 heavy (non-hydrogen) atoms. The molecule has 0 atom stereocenters. The molecule has 106 valence electrons. The molecule has 0 amide bonds. The molecule has 0 bridgehead atoms. The highest BCUT2D eigenvalue weighted by atomic mass is 35.5. The summed E-state index contributed by atoms with van der Waals surface area (Å²) in [4.78, 5) is 3.34. The van der Waals surface area contributed by atoms with Crippen molar-refractivity contribution in [1.29, 1.82) is 0 Å². The molecule has 0 radical (unpaired) electrons. The Balaban J connectivity index is 2.02. The molecular formula is C15H17ClN2S2. The van der Waals surface area contributed by atoms with Gasteiger partial charge in [0.05, 0.1) is 10.9 Å². The Morgan fingerprint density at radius 2 is 2.15 bits per heavy atom. The molecule has 2 nitrogen and oxygen atoms in total. The molecule has 1 heterocycles. The van der Waals surface area contributed by atoms with Crippen LogP contribution in [0.3, 0.4) is 0 Å². The van der Waals surface area contributed by atoms with Crippen LogP contribution in [-0.4, -0.2) is 16.6 Å². The Morgan fingerprint density at radius 3 is 2.75 bits per heavy atom. The smallest absolute Gasteiger partial charge is 0.173 e. The van der Waals surface area contributed by atoms with Gasteiger partial charge in [-0.2, -0.15) is 0 Å². The van der Waals surface area contributed by atoms with Crippen LogP contribution in [0.15, 0.2) is 36.4 Å². The van der Waals surface area contributed by atoms with Gasteiger partial charge in [0.1, 0.15) is 0 Å². The molecule has 1 aromatic heterocycles. The molecule has 5 heteroatoms. The van der Waals surface area contributed by atoms with Crippen LogP contribution in [0.1, 0.15) is 17.4 Å². The minimum Gasteiger partial charge on any atom is -0.344 e. The van der Waals surface area contributed by atoms with Gasteiger partial charge in [-0.3, -0.25) is 0 Å². The largest absolute Gasteiger partial charge is 0.344 e. The molecule has 2 aromatic rings. The second kappa shape index (κ2) is 7.07. The number of hydrogen-bond acceptors (Lipinski definition) is 2. The fourth-order valence-electron chi connectivity index (χ4n) is 1.88. The Hall–Kier alpha value is -1.10. The average molecular weight is 325 g/mol. The number of anilines is 1. The molecule has 0 aliphatic carbocycles. The van der Waals surface area contributed by atoms with Gasteiger partial charge in [-0.15, -0.1) is 11.3 Å². The average Bonchev–Trinajstić information content (AvgIpc) is 2.81. The molecule has 0 aliphatic rings. The minimum atomic E-state index is 0.739. The molecule has 0 aliphatic heterocycles. The van der Waals surface area contributed by atoms with E-state index in [4.69, 9.17) is 23.8 Å². The lowest BCUT2D eigenvalue weighted by molar-refractivity contribution is 0.446. The fourth-order valence-corrected chi connectivity index (χ4v) is 3.29. The molecular weight excluding hydrogens is 308 g/mol. The second-order valence-corrected chi connectivity index (χ2v) is 6.71. The summed E-state index contributed by atoms with van der Waals surface area (Å²) in [5.41, 5.74) is 2.24. The van der Waals surface area contributed by atoms with Crippen LogP contribution in [0.4, 0.5) is 5.69 Å². The van der Waals surface area contributed by atoms with Gasteiger partial charge in [-0.05, 0) is 55.9 Å². The maximum absolute atomic E-state index is 5.97. The Labute approximate surface area is 134 Å². The van der Waals surface area contributed by atoms with Gasteiger partial charge in [0.25, 0.3) is 0 Å². The van der Waals surface area contributed by atoms with Crippen molar-refractivity contribution >= 4 is 46.0 Å². The summed E-state index contributed by atoms with van der Waals surface area (Å²) >= 11 is 13.1. The van der Waals surface area contributed by atoms with Crippen LogP contribution >= 0.6 is 35.2 Å². The first kappa shape index (κ1) is 15.3. The van der Waals surface area contributed by atoms with Crippen LogP contribution in [0.25, 0.3) is 0 Å².